The zero-order valence-corrected chi connectivity index (χ0v) is 13.3. The first kappa shape index (κ1) is 16.6. The molecule has 1 aromatic heterocycles. The van der Waals surface area contributed by atoms with Crippen molar-refractivity contribution >= 4 is 16.8 Å². The minimum Gasteiger partial charge on any atom is -0.497 e. The molecule has 0 saturated carbocycles. The van der Waals surface area contributed by atoms with E-state index >= 15 is 0 Å². The van der Waals surface area contributed by atoms with Crippen molar-refractivity contribution in [1.82, 2.24) is 15.2 Å². The third-order valence-electron chi connectivity index (χ3n) is 4.13. The number of nitrogens with one attached hydrogen (secondary N) is 1. The summed E-state index contributed by atoms with van der Waals surface area (Å²) in [6.07, 6.45) is -1.68. The van der Waals surface area contributed by atoms with Gasteiger partial charge in [-0.25, -0.2) is 13.8 Å². The van der Waals surface area contributed by atoms with E-state index in [1.54, 1.807) is 30.2 Å². The molecule has 0 spiro atoms. The molecule has 128 valence electrons. The summed E-state index contributed by atoms with van der Waals surface area (Å²) in [5.41, 5.74) is 1.02. The monoisotopic (exact) mass is 335 g/mol. The van der Waals surface area contributed by atoms with E-state index in [9.17, 15) is 13.6 Å². The minimum atomic E-state index is -2.35. The Bertz CT molecular complexity index is 739. The molecular weight excluding hydrogens is 316 g/mol. The van der Waals surface area contributed by atoms with Crippen LogP contribution in [0.5, 0.6) is 5.75 Å². The predicted molar refractivity (Wildman–Crippen MR) is 86.6 cm³/mol. The number of fused-ring (bicyclic) bond motifs is 1. The van der Waals surface area contributed by atoms with Crippen molar-refractivity contribution < 1.29 is 18.3 Å². The molecule has 1 aromatic carbocycles. The maximum Gasteiger partial charge on any atom is 0.270 e. The Morgan fingerprint density at radius 3 is 3.00 bits per heavy atom. The fourth-order valence-electron chi connectivity index (χ4n) is 2.93. The molecular formula is C17H19F2N3O2. The van der Waals surface area contributed by atoms with Crippen LogP contribution in [0.15, 0.2) is 30.3 Å². The van der Waals surface area contributed by atoms with E-state index < -0.39 is 6.43 Å². The maximum atomic E-state index is 12.4. The fourth-order valence-corrected chi connectivity index (χ4v) is 2.93. The zero-order valence-electron chi connectivity index (χ0n) is 13.3. The number of pyridine rings is 1. The highest BCUT2D eigenvalue weighted by atomic mass is 19.3. The molecule has 24 heavy (non-hydrogen) atoms. The summed E-state index contributed by atoms with van der Waals surface area (Å²) in [5, 5.41) is 3.76. The normalized spacial score (nSPS) is 18.2. The lowest BCUT2D eigenvalue weighted by molar-refractivity contribution is 0.0914. The van der Waals surface area contributed by atoms with Gasteiger partial charge in [-0.1, -0.05) is 6.07 Å². The van der Waals surface area contributed by atoms with Crippen LogP contribution in [0, 0.1) is 0 Å². The Labute approximate surface area is 138 Å². The van der Waals surface area contributed by atoms with Crippen molar-refractivity contribution in [3.8, 4) is 5.75 Å². The van der Waals surface area contributed by atoms with Gasteiger partial charge in [0, 0.05) is 24.5 Å². The molecule has 1 saturated heterocycles. The Balaban J connectivity index is 1.66. The van der Waals surface area contributed by atoms with Crippen LogP contribution in [0.4, 0.5) is 8.78 Å². The molecule has 3 rings (SSSR count). The predicted octanol–water partition coefficient (Wildman–Crippen LogP) is 2.31. The number of ether oxygens (including phenoxy) is 1. The van der Waals surface area contributed by atoms with Crippen LogP contribution in [0.2, 0.25) is 0 Å². The molecule has 0 radical (unpaired) electrons. The first-order chi connectivity index (χ1) is 11.5. The SMILES string of the molecule is COc1ccc2nc(C(=O)NC3CCN(CC(F)F)C3)ccc2c1. The Morgan fingerprint density at radius 2 is 2.25 bits per heavy atom. The highest BCUT2D eigenvalue weighted by Crippen LogP contribution is 2.20. The number of aromatic nitrogens is 1. The second-order valence-corrected chi connectivity index (χ2v) is 5.86. The number of rotatable bonds is 5. The number of likely N-dealkylation sites (tertiary alicyclic amines) is 1. The molecule has 0 bridgehead atoms. The molecule has 1 aliphatic rings. The molecule has 0 aliphatic carbocycles. The van der Waals surface area contributed by atoms with Crippen molar-refractivity contribution in [2.75, 3.05) is 26.7 Å². The number of carbonyl (C=O) groups is 1. The van der Waals surface area contributed by atoms with E-state index in [-0.39, 0.29) is 18.5 Å². The first-order valence-electron chi connectivity index (χ1n) is 7.81. The summed E-state index contributed by atoms with van der Waals surface area (Å²) in [4.78, 5) is 18.4. The smallest absolute Gasteiger partial charge is 0.270 e. The van der Waals surface area contributed by atoms with E-state index in [1.807, 2.05) is 12.1 Å². The molecule has 1 unspecified atom stereocenters. The summed E-state index contributed by atoms with van der Waals surface area (Å²) in [7, 11) is 1.59. The van der Waals surface area contributed by atoms with Gasteiger partial charge < -0.3 is 10.1 Å². The Hall–Kier alpha value is -2.28. The van der Waals surface area contributed by atoms with Crippen LogP contribution >= 0.6 is 0 Å². The van der Waals surface area contributed by atoms with Crippen molar-refractivity contribution in [2.24, 2.45) is 0 Å². The molecule has 2 aromatic rings. The highest BCUT2D eigenvalue weighted by Gasteiger charge is 2.26. The van der Waals surface area contributed by atoms with Crippen molar-refractivity contribution in [2.45, 2.75) is 18.9 Å². The summed E-state index contributed by atoms with van der Waals surface area (Å²) >= 11 is 0. The number of alkyl halides is 2. The Morgan fingerprint density at radius 1 is 1.42 bits per heavy atom. The van der Waals surface area contributed by atoms with E-state index in [4.69, 9.17) is 4.74 Å². The van der Waals surface area contributed by atoms with Gasteiger partial charge in [0.2, 0.25) is 0 Å². The first-order valence-corrected chi connectivity index (χ1v) is 7.81. The van der Waals surface area contributed by atoms with Crippen LogP contribution in [-0.4, -0.2) is 55.0 Å². The zero-order chi connectivity index (χ0) is 17.1. The molecule has 2 heterocycles. The minimum absolute atomic E-state index is 0.121. The van der Waals surface area contributed by atoms with E-state index in [0.29, 0.717) is 30.7 Å². The Kier molecular flexibility index (Phi) is 4.89. The lowest BCUT2D eigenvalue weighted by atomic mass is 10.2. The van der Waals surface area contributed by atoms with Gasteiger partial charge in [-0.3, -0.25) is 9.69 Å². The number of benzene rings is 1. The van der Waals surface area contributed by atoms with Gasteiger partial charge in [0.15, 0.2) is 0 Å². The maximum absolute atomic E-state index is 12.4. The number of nitrogens with zero attached hydrogens (tertiary/aromatic N) is 2. The standard InChI is InChI=1S/C17H19F2N3O2/c1-24-13-3-5-14-11(8-13)2-4-15(21-14)17(23)20-12-6-7-22(9-12)10-16(18)19/h2-5,8,12,16H,6-7,9-10H2,1H3,(H,20,23). The molecule has 1 atom stereocenters. The molecule has 5 nitrogen and oxygen atoms in total. The third-order valence-corrected chi connectivity index (χ3v) is 4.13. The van der Waals surface area contributed by atoms with E-state index in [2.05, 4.69) is 10.3 Å². The number of amides is 1. The average Bonchev–Trinajstić information content (AvgIpc) is 2.99. The number of hydrogen-bond acceptors (Lipinski definition) is 4. The van der Waals surface area contributed by atoms with Crippen LogP contribution in [0.3, 0.4) is 0 Å². The van der Waals surface area contributed by atoms with E-state index in [0.717, 1.165) is 11.1 Å². The highest BCUT2D eigenvalue weighted by molar-refractivity contribution is 5.95. The van der Waals surface area contributed by atoms with Gasteiger partial charge in [0.1, 0.15) is 11.4 Å². The number of carbonyl (C=O) groups excluding carboxylic acids is 1. The van der Waals surface area contributed by atoms with Crippen LogP contribution in [0.1, 0.15) is 16.9 Å². The van der Waals surface area contributed by atoms with Gasteiger partial charge in [-0.15, -0.1) is 0 Å². The molecule has 7 heteroatoms. The van der Waals surface area contributed by atoms with Crippen LogP contribution < -0.4 is 10.1 Å². The summed E-state index contributed by atoms with van der Waals surface area (Å²) in [6, 6.07) is 8.79. The van der Waals surface area contributed by atoms with Crippen molar-refractivity contribution in [3.05, 3.63) is 36.0 Å². The van der Waals surface area contributed by atoms with E-state index in [1.165, 1.54) is 0 Å². The van der Waals surface area contributed by atoms with Gasteiger partial charge in [0.05, 0.1) is 19.2 Å². The molecule has 1 N–H and O–H groups in total. The molecule has 1 fully saturated rings. The number of methoxy groups -OCH3 is 1. The van der Waals surface area contributed by atoms with Gasteiger partial charge in [-0.2, -0.15) is 0 Å². The average molecular weight is 335 g/mol. The van der Waals surface area contributed by atoms with Crippen LogP contribution in [-0.2, 0) is 0 Å². The summed E-state index contributed by atoms with van der Waals surface area (Å²) < 4.78 is 30.0. The number of halogens is 2. The molecule has 1 amide bonds. The van der Waals surface area contributed by atoms with Gasteiger partial charge >= 0.3 is 0 Å². The fraction of sp³-hybridized carbons (Fsp3) is 0.412. The third kappa shape index (κ3) is 3.79. The summed E-state index contributed by atoms with van der Waals surface area (Å²) in [6.45, 7) is 0.767. The van der Waals surface area contributed by atoms with Crippen molar-refractivity contribution in [3.63, 3.8) is 0 Å². The second kappa shape index (κ2) is 7.09. The summed E-state index contributed by atoms with van der Waals surface area (Å²) in [5.74, 6) is 0.447. The van der Waals surface area contributed by atoms with Crippen LogP contribution in [0.25, 0.3) is 10.9 Å². The molecule has 1 aliphatic heterocycles. The lowest BCUT2D eigenvalue weighted by Crippen LogP contribution is -2.38. The lowest BCUT2D eigenvalue weighted by Gasteiger charge is -2.16. The van der Waals surface area contributed by atoms with Crippen molar-refractivity contribution in [1.29, 1.82) is 0 Å². The topological polar surface area (TPSA) is 54.5 Å². The number of hydrogen-bond donors (Lipinski definition) is 1. The second-order valence-electron chi connectivity index (χ2n) is 5.86. The largest absolute Gasteiger partial charge is 0.497 e. The van der Waals surface area contributed by atoms with Gasteiger partial charge in [-0.05, 0) is 30.7 Å². The van der Waals surface area contributed by atoms with Gasteiger partial charge in [0.25, 0.3) is 12.3 Å². The quantitative estimate of drug-likeness (QED) is 0.911.